The minimum atomic E-state index is -0.135. The molecule has 4 rings (SSSR count). The van der Waals surface area contributed by atoms with Crippen LogP contribution in [0.1, 0.15) is 43.9 Å². The van der Waals surface area contributed by atoms with Gasteiger partial charge in [-0.2, -0.15) is 4.58 Å². The van der Waals surface area contributed by atoms with E-state index in [4.69, 9.17) is 9.47 Å². The van der Waals surface area contributed by atoms with E-state index in [1.54, 1.807) is 19.4 Å². The van der Waals surface area contributed by atoms with Crippen molar-refractivity contribution in [3.05, 3.63) is 156 Å². The summed E-state index contributed by atoms with van der Waals surface area (Å²) in [6.45, 7) is 12.8. The number of aryl methyl sites for hydroxylation is 1. The molecule has 2 aromatic rings. The average molecular weight is 533 g/mol. The molecule has 206 valence electrons. The summed E-state index contributed by atoms with van der Waals surface area (Å²) < 4.78 is 13.2. The van der Waals surface area contributed by atoms with Crippen LogP contribution in [-0.2, 0) is 10.2 Å². The first-order valence-electron chi connectivity index (χ1n) is 13.7. The highest BCUT2D eigenvalue weighted by molar-refractivity contribution is 5.83. The fourth-order valence-electron chi connectivity index (χ4n) is 4.50. The fraction of sp³-hybridized carbons (Fsp3) is 0.216. The van der Waals surface area contributed by atoms with Gasteiger partial charge in [-0.25, -0.2) is 0 Å². The van der Waals surface area contributed by atoms with Crippen molar-refractivity contribution in [3.63, 3.8) is 0 Å². The van der Waals surface area contributed by atoms with Crippen molar-refractivity contribution in [1.82, 2.24) is 0 Å². The minimum absolute atomic E-state index is 0.135. The van der Waals surface area contributed by atoms with Crippen LogP contribution >= 0.6 is 0 Å². The maximum absolute atomic E-state index is 6.31. The molecule has 0 N–H and O–H groups in total. The van der Waals surface area contributed by atoms with E-state index in [2.05, 4.69) is 105 Å². The van der Waals surface area contributed by atoms with Crippen molar-refractivity contribution < 1.29 is 14.0 Å². The van der Waals surface area contributed by atoms with Crippen LogP contribution in [-0.4, -0.2) is 24.6 Å². The topological polar surface area (TPSA) is 21.5 Å². The lowest BCUT2D eigenvalue weighted by atomic mass is 9.75. The summed E-state index contributed by atoms with van der Waals surface area (Å²) >= 11 is 0. The third-order valence-electron chi connectivity index (χ3n) is 6.74. The smallest absolute Gasteiger partial charge is 0.292 e. The highest BCUT2D eigenvalue weighted by atomic mass is 16.5. The molecule has 0 atom stereocenters. The molecule has 0 unspecified atom stereocenters. The Kier molecular flexibility index (Phi) is 11.5. The van der Waals surface area contributed by atoms with Crippen LogP contribution in [0, 0.1) is 6.92 Å². The Morgan fingerprint density at radius 1 is 1.05 bits per heavy atom. The Bertz CT molecular complexity index is 1390. The molecule has 1 heterocycles. The molecule has 0 bridgehead atoms. The van der Waals surface area contributed by atoms with Crippen molar-refractivity contribution in [2.24, 2.45) is 0 Å². The van der Waals surface area contributed by atoms with E-state index in [1.165, 1.54) is 16.7 Å². The molecule has 0 amide bonds. The van der Waals surface area contributed by atoms with Gasteiger partial charge in [-0.15, -0.1) is 0 Å². The molecule has 2 aliphatic rings. The Hall–Kier alpha value is -4.37. The number of allylic oxidation sites excluding steroid dienone is 14. The monoisotopic (exact) mass is 532 g/mol. The van der Waals surface area contributed by atoms with Crippen molar-refractivity contribution in [2.45, 2.75) is 39.5 Å². The SMILES string of the molecule is C=C\C=C/C(/C=C\C=C\OC)=C\C.Cc1cc2c(c(C(C)(C)C3=CC=CCC=C3)c1)OC[N+](c1ccccc1)=C2. The lowest BCUT2D eigenvalue weighted by Crippen LogP contribution is -2.26. The van der Waals surface area contributed by atoms with Crippen molar-refractivity contribution in [2.75, 3.05) is 13.8 Å². The zero-order valence-corrected chi connectivity index (χ0v) is 24.5. The molecule has 0 aromatic heterocycles. The zero-order chi connectivity index (χ0) is 28.8. The Morgan fingerprint density at radius 3 is 2.55 bits per heavy atom. The fourth-order valence-corrected chi connectivity index (χ4v) is 4.50. The molecule has 0 radical (unpaired) electrons. The number of para-hydroxylation sites is 1. The number of fused-ring (bicyclic) bond motifs is 1. The predicted molar refractivity (Wildman–Crippen MR) is 171 cm³/mol. The maximum Gasteiger partial charge on any atom is 0.292 e. The maximum atomic E-state index is 6.31. The van der Waals surface area contributed by atoms with Gasteiger partial charge in [0.2, 0.25) is 5.69 Å². The number of benzene rings is 2. The van der Waals surface area contributed by atoms with Crippen LogP contribution in [0.4, 0.5) is 5.69 Å². The lowest BCUT2D eigenvalue weighted by Gasteiger charge is -2.30. The van der Waals surface area contributed by atoms with Crippen molar-refractivity contribution in [3.8, 4) is 5.75 Å². The van der Waals surface area contributed by atoms with Gasteiger partial charge in [-0.05, 0) is 49.1 Å². The van der Waals surface area contributed by atoms with E-state index in [0.717, 1.165) is 29.0 Å². The molecule has 0 spiro atoms. The molecule has 0 saturated heterocycles. The second-order valence-electron chi connectivity index (χ2n) is 10.1. The zero-order valence-electron chi connectivity index (χ0n) is 24.5. The first-order valence-corrected chi connectivity index (χ1v) is 13.7. The predicted octanol–water partition coefficient (Wildman–Crippen LogP) is 9.22. The Morgan fingerprint density at radius 2 is 1.82 bits per heavy atom. The van der Waals surface area contributed by atoms with Crippen LogP contribution in [0.3, 0.4) is 0 Å². The number of hydrogen-bond donors (Lipinski definition) is 0. The molecule has 1 aliphatic carbocycles. The van der Waals surface area contributed by atoms with Gasteiger partial charge in [-0.1, -0.05) is 112 Å². The number of hydrogen-bond acceptors (Lipinski definition) is 2. The van der Waals surface area contributed by atoms with Gasteiger partial charge in [0, 0.05) is 23.1 Å². The first-order chi connectivity index (χ1) is 19.4. The third kappa shape index (κ3) is 8.31. The summed E-state index contributed by atoms with van der Waals surface area (Å²) in [5.74, 6) is 1.00. The van der Waals surface area contributed by atoms with E-state index in [9.17, 15) is 0 Å². The number of ether oxygens (including phenoxy) is 2. The number of rotatable bonds is 8. The number of methoxy groups -OCH3 is 1. The summed E-state index contributed by atoms with van der Waals surface area (Å²) in [5, 5.41) is 0. The Balaban J connectivity index is 0.000000289. The van der Waals surface area contributed by atoms with E-state index in [0.29, 0.717) is 6.73 Å². The van der Waals surface area contributed by atoms with Gasteiger partial charge in [0.25, 0.3) is 6.73 Å². The lowest BCUT2D eigenvalue weighted by molar-refractivity contribution is -0.476. The van der Waals surface area contributed by atoms with Crippen LogP contribution in [0.5, 0.6) is 5.75 Å². The van der Waals surface area contributed by atoms with E-state index < -0.39 is 0 Å². The standard InChI is InChI=1S/C25H26NO.C12H16O/c1-19-15-20-17-26(22-13-9-6-10-14-22)18-27-24(20)23(16-19)25(2,3)21-11-7-4-5-8-12-21;1-4-6-9-12(5-2)10-7-8-11-13-3/h4,6-17H,5,18H2,1-3H3;4-11H,1H2,2-3H3/q+1;/b;9-6-,10-7-,11-8+,12-5+. The molecule has 2 aromatic carbocycles. The van der Waals surface area contributed by atoms with Crippen LogP contribution in [0.15, 0.2) is 139 Å². The molecule has 1 aliphatic heterocycles. The van der Waals surface area contributed by atoms with E-state index in [1.807, 2.05) is 49.4 Å². The molecule has 0 fully saturated rings. The van der Waals surface area contributed by atoms with Gasteiger partial charge in [0.15, 0.2) is 6.21 Å². The van der Waals surface area contributed by atoms with Crippen LogP contribution in [0.2, 0.25) is 0 Å². The molecule has 0 saturated carbocycles. The van der Waals surface area contributed by atoms with Crippen LogP contribution in [0.25, 0.3) is 0 Å². The summed E-state index contributed by atoms with van der Waals surface area (Å²) in [4.78, 5) is 0. The minimum Gasteiger partial charge on any atom is -0.504 e. The van der Waals surface area contributed by atoms with Crippen molar-refractivity contribution in [1.29, 1.82) is 0 Å². The Labute approximate surface area is 240 Å². The summed E-state index contributed by atoms with van der Waals surface area (Å²) in [6.07, 6.45) is 29.3. The number of nitrogens with zero attached hydrogens (tertiary/aromatic N) is 1. The molecular weight excluding hydrogens is 490 g/mol. The summed E-state index contributed by atoms with van der Waals surface area (Å²) in [5.41, 5.74) is 7.09. The highest BCUT2D eigenvalue weighted by Gasteiger charge is 2.32. The quantitative estimate of drug-likeness (QED) is 0.192. The van der Waals surface area contributed by atoms with E-state index in [-0.39, 0.29) is 5.41 Å². The van der Waals surface area contributed by atoms with Gasteiger partial charge < -0.3 is 9.47 Å². The van der Waals surface area contributed by atoms with Gasteiger partial charge in [0.05, 0.1) is 18.9 Å². The van der Waals surface area contributed by atoms with Crippen LogP contribution < -0.4 is 4.74 Å². The highest BCUT2D eigenvalue weighted by Crippen LogP contribution is 2.41. The van der Waals surface area contributed by atoms with E-state index >= 15 is 0 Å². The van der Waals surface area contributed by atoms with Gasteiger partial charge >= 0.3 is 0 Å². The third-order valence-corrected chi connectivity index (χ3v) is 6.74. The van der Waals surface area contributed by atoms with Gasteiger partial charge in [0.1, 0.15) is 5.75 Å². The van der Waals surface area contributed by atoms with Gasteiger partial charge in [-0.3, -0.25) is 0 Å². The second-order valence-corrected chi connectivity index (χ2v) is 10.1. The molecule has 3 nitrogen and oxygen atoms in total. The molecular formula is C37H42NO2+. The average Bonchev–Trinajstić information content (AvgIpc) is 3.27. The summed E-state index contributed by atoms with van der Waals surface area (Å²) in [6, 6.07) is 14.9. The molecule has 3 heteroatoms. The molecule has 40 heavy (non-hydrogen) atoms. The largest absolute Gasteiger partial charge is 0.504 e. The normalized spacial score (nSPS) is 15.2. The second kappa shape index (κ2) is 15.3. The first kappa shape index (κ1) is 30.2. The van der Waals surface area contributed by atoms with Crippen molar-refractivity contribution >= 4 is 11.9 Å². The summed E-state index contributed by atoms with van der Waals surface area (Å²) in [7, 11) is 1.62.